The lowest BCUT2D eigenvalue weighted by molar-refractivity contribution is -0.0299. The Morgan fingerprint density at radius 3 is 1.93 bits per heavy atom. The van der Waals surface area contributed by atoms with Gasteiger partial charge in [0.25, 0.3) is 5.08 Å². The Kier molecular flexibility index (Phi) is 3.49. The Labute approximate surface area is 86.8 Å². The first kappa shape index (κ1) is 13.3. The maximum atomic E-state index is 11.2. The third kappa shape index (κ3) is 2.06. The summed E-state index contributed by atoms with van der Waals surface area (Å²) in [5.74, 6) is -0.882. The smallest absolute Gasteiger partial charge is 0.352 e. The van der Waals surface area contributed by atoms with Crippen LogP contribution in [-0.2, 0) is 13.9 Å². The van der Waals surface area contributed by atoms with Gasteiger partial charge < -0.3 is 24.3 Å². The highest BCUT2D eigenvalue weighted by atomic mass is 31.2. The van der Waals surface area contributed by atoms with E-state index in [4.69, 9.17) is 24.3 Å². The average molecular weight is 260 g/mol. The van der Waals surface area contributed by atoms with Crippen molar-refractivity contribution in [3.63, 3.8) is 0 Å². The van der Waals surface area contributed by atoms with Gasteiger partial charge in [0, 0.05) is 12.5 Å². The van der Waals surface area contributed by atoms with Gasteiger partial charge in [-0.05, 0) is 12.8 Å². The summed E-state index contributed by atoms with van der Waals surface area (Å²) >= 11 is 0. The first-order valence-corrected chi connectivity index (χ1v) is 7.60. The molecule has 1 aliphatic rings. The summed E-state index contributed by atoms with van der Waals surface area (Å²) in [7, 11) is -10.1. The molecule has 90 valence electrons. The maximum Gasteiger partial charge on any atom is 0.369 e. The number of hydrogen-bond acceptors (Lipinski definition) is 3. The third-order valence-electron chi connectivity index (χ3n) is 2.57. The summed E-state index contributed by atoms with van der Waals surface area (Å²) in [6, 6.07) is 0. The largest absolute Gasteiger partial charge is 0.369 e. The van der Waals surface area contributed by atoms with Crippen molar-refractivity contribution in [1.82, 2.24) is 0 Å². The molecule has 0 radical (unpaired) electrons. The molecule has 1 atom stereocenters. The van der Waals surface area contributed by atoms with E-state index in [1.165, 1.54) is 6.92 Å². The predicted octanol–water partition coefficient (Wildman–Crippen LogP) is 0.442. The molecule has 0 spiro atoms. The molecule has 1 aliphatic heterocycles. The Morgan fingerprint density at radius 1 is 1.20 bits per heavy atom. The van der Waals surface area contributed by atoms with Crippen molar-refractivity contribution in [2.45, 2.75) is 24.8 Å². The van der Waals surface area contributed by atoms with Crippen LogP contribution in [-0.4, -0.2) is 31.3 Å². The zero-order valence-electron chi connectivity index (χ0n) is 8.11. The molecule has 7 nitrogen and oxygen atoms in total. The van der Waals surface area contributed by atoms with E-state index in [2.05, 4.69) is 0 Å². The standard InChI is InChI=1S/C6H14O7P2/c1-5-3-2-4-13-6(5,14(7,8)9)15(10,11)12/h5H,2-4H2,1H3,(H2,7,8,9)(H2,10,11,12). The van der Waals surface area contributed by atoms with Crippen molar-refractivity contribution in [2.24, 2.45) is 5.92 Å². The Bertz CT molecular complexity index is 306. The van der Waals surface area contributed by atoms with E-state index >= 15 is 0 Å². The molecule has 1 rings (SSSR count). The van der Waals surface area contributed by atoms with E-state index in [0.29, 0.717) is 12.8 Å². The molecule has 0 aromatic rings. The molecule has 0 saturated carbocycles. The zero-order valence-corrected chi connectivity index (χ0v) is 9.90. The van der Waals surface area contributed by atoms with Crippen molar-refractivity contribution in [3.05, 3.63) is 0 Å². The van der Waals surface area contributed by atoms with Gasteiger partial charge in [-0.2, -0.15) is 0 Å². The average Bonchev–Trinajstić information content (AvgIpc) is 2.00. The topological polar surface area (TPSA) is 124 Å². The van der Waals surface area contributed by atoms with Crippen LogP contribution in [0.25, 0.3) is 0 Å². The molecule has 1 saturated heterocycles. The molecular formula is C6H14O7P2. The minimum Gasteiger partial charge on any atom is -0.352 e. The van der Waals surface area contributed by atoms with Crippen LogP contribution in [0.4, 0.5) is 0 Å². The molecule has 0 aromatic carbocycles. The summed E-state index contributed by atoms with van der Waals surface area (Å²) < 4.78 is 27.3. The van der Waals surface area contributed by atoms with E-state index in [1.807, 2.05) is 0 Å². The van der Waals surface area contributed by atoms with Crippen LogP contribution in [0, 0.1) is 5.92 Å². The van der Waals surface area contributed by atoms with Crippen LogP contribution >= 0.6 is 15.2 Å². The highest BCUT2D eigenvalue weighted by Crippen LogP contribution is 2.73. The fourth-order valence-electron chi connectivity index (χ4n) is 1.85. The molecule has 9 heteroatoms. The van der Waals surface area contributed by atoms with Crippen molar-refractivity contribution < 1.29 is 33.4 Å². The van der Waals surface area contributed by atoms with E-state index in [1.54, 1.807) is 0 Å². The second-order valence-corrected chi connectivity index (χ2v) is 7.50. The minimum atomic E-state index is -5.04. The van der Waals surface area contributed by atoms with E-state index in [-0.39, 0.29) is 6.61 Å². The lowest BCUT2D eigenvalue weighted by atomic mass is 10.0. The van der Waals surface area contributed by atoms with Crippen molar-refractivity contribution in [3.8, 4) is 0 Å². The maximum absolute atomic E-state index is 11.2. The number of rotatable bonds is 2. The van der Waals surface area contributed by atoms with Gasteiger partial charge in [0.15, 0.2) is 0 Å². The number of hydrogen-bond donors (Lipinski definition) is 4. The second kappa shape index (κ2) is 3.93. The van der Waals surface area contributed by atoms with Crippen molar-refractivity contribution in [1.29, 1.82) is 0 Å². The molecule has 1 unspecified atom stereocenters. The van der Waals surface area contributed by atoms with Crippen molar-refractivity contribution >= 4 is 15.2 Å². The summed E-state index contributed by atoms with van der Waals surface area (Å²) in [5, 5.41) is -2.65. The van der Waals surface area contributed by atoms with Crippen molar-refractivity contribution in [2.75, 3.05) is 6.61 Å². The van der Waals surface area contributed by atoms with Crippen LogP contribution < -0.4 is 0 Å². The van der Waals surface area contributed by atoms with Gasteiger partial charge in [0.2, 0.25) is 0 Å². The molecular weight excluding hydrogens is 246 g/mol. The van der Waals surface area contributed by atoms with Crippen LogP contribution in [0.5, 0.6) is 0 Å². The Hall–Kier alpha value is 0.260. The quantitative estimate of drug-likeness (QED) is 0.531. The summed E-state index contributed by atoms with van der Waals surface area (Å²) in [4.78, 5) is 36.4. The second-order valence-electron chi connectivity index (χ2n) is 3.64. The van der Waals surface area contributed by atoms with Crippen LogP contribution in [0.15, 0.2) is 0 Å². The molecule has 0 bridgehead atoms. The van der Waals surface area contributed by atoms with Gasteiger partial charge in [-0.25, -0.2) is 0 Å². The van der Waals surface area contributed by atoms with Gasteiger partial charge in [0.1, 0.15) is 0 Å². The molecule has 1 heterocycles. The fourth-order valence-corrected chi connectivity index (χ4v) is 5.14. The zero-order chi connectivity index (χ0) is 11.9. The van der Waals surface area contributed by atoms with E-state index in [9.17, 15) is 9.13 Å². The first-order chi connectivity index (χ1) is 6.63. The molecule has 15 heavy (non-hydrogen) atoms. The highest BCUT2D eigenvalue weighted by Gasteiger charge is 2.65. The molecule has 0 aliphatic carbocycles. The first-order valence-electron chi connectivity index (χ1n) is 4.38. The third-order valence-corrected chi connectivity index (χ3v) is 6.95. The summed E-state index contributed by atoms with van der Waals surface area (Å²) in [6.45, 7) is 1.32. The Morgan fingerprint density at radius 2 is 1.67 bits per heavy atom. The van der Waals surface area contributed by atoms with Crippen LogP contribution in [0.2, 0.25) is 0 Å². The van der Waals surface area contributed by atoms with Crippen LogP contribution in [0.3, 0.4) is 0 Å². The van der Waals surface area contributed by atoms with E-state index < -0.39 is 26.2 Å². The van der Waals surface area contributed by atoms with Gasteiger partial charge in [-0.1, -0.05) is 6.92 Å². The monoisotopic (exact) mass is 260 g/mol. The SMILES string of the molecule is CC1CCCOC1(P(=O)(O)O)P(=O)(O)O. The summed E-state index contributed by atoms with van der Waals surface area (Å²) in [5.41, 5.74) is 0. The number of ether oxygens (including phenoxy) is 1. The lowest BCUT2D eigenvalue weighted by Crippen LogP contribution is -2.42. The van der Waals surface area contributed by atoms with Gasteiger partial charge in [-0.15, -0.1) is 0 Å². The predicted molar refractivity (Wildman–Crippen MR) is 51.2 cm³/mol. The van der Waals surface area contributed by atoms with Crippen LogP contribution in [0.1, 0.15) is 19.8 Å². The Balaban J connectivity index is 3.30. The lowest BCUT2D eigenvalue weighted by Gasteiger charge is -2.41. The highest BCUT2D eigenvalue weighted by molar-refractivity contribution is 7.72. The normalized spacial score (nSPS) is 27.7. The molecule has 1 fully saturated rings. The minimum absolute atomic E-state index is 0.0550. The fraction of sp³-hybridized carbons (Fsp3) is 1.00. The molecule has 0 aromatic heterocycles. The molecule has 4 N–H and O–H groups in total. The summed E-state index contributed by atoms with van der Waals surface area (Å²) in [6.07, 6.45) is 0.846. The van der Waals surface area contributed by atoms with E-state index in [0.717, 1.165) is 0 Å². The van der Waals surface area contributed by atoms with Gasteiger partial charge >= 0.3 is 15.2 Å². The van der Waals surface area contributed by atoms with Gasteiger partial charge in [-0.3, -0.25) is 9.13 Å². The molecule has 0 amide bonds. The van der Waals surface area contributed by atoms with Gasteiger partial charge in [0.05, 0.1) is 0 Å².